The predicted molar refractivity (Wildman–Crippen MR) is 66.4 cm³/mol. The van der Waals surface area contributed by atoms with Crippen LogP contribution in [0.3, 0.4) is 0 Å². The van der Waals surface area contributed by atoms with Crippen molar-refractivity contribution in [3.8, 4) is 6.07 Å². The summed E-state index contributed by atoms with van der Waals surface area (Å²) < 4.78 is 15.0. The first-order chi connectivity index (χ1) is 7.18. The van der Waals surface area contributed by atoms with E-state index in [0.717, 1.165) is 13.2 Å². The summed E-state index contributed by atoms with van der Waals surface area (Å²) in [4.78, 5) is 0. The third-order valence-corrected chi connectivity index (χ3v) is 2.55. The van der Waals surface area contributed by atoms with Crippen LogP contribution in [0.1, 0.15) is 27.2 Å². The monoisotopic (exact) mass is 297 g/mol. The third-order valence-electron chi connectivity index (χ3n) is 1.14. The highest BCUT2D eigenvalue weighted by Crippen LogP contribution is 1.98. The quantitative estimate of drug-likeness (QED) is 0.408. The van der Waals surface area contributed by atoms with Crippen molar-refractivity contribution >= 4 is 25.9 Å². The molecule has 0 aromatic carbocycles. The number of ether oxygens (including phenoxy) is 1. The van der Waals surface area contributed by atoms with Crippen molar-refractivity contribution < 1.29 is 13.6 Å². The third kappa shape index (κ3) is 24.9. The molecule has 4 nitrogen and oxygen atoms in total. The molecule has 0 saturated heterocycles. The van der Waals surface area contributed by atoms with E-state index in [2.05, 4.69) is 15.9 Å². The van der Waals surface area contributed by atoms with Gasteiger partial charge in [0.1, 0.15) is 5.01 Å². The molecule has 0 N–H and O–H groups in total. The van der Waals surface area contributed by atoms with Crippen LogP contribution in [0.4, 0.5) is 0 Å². The summed E-state index contributed by atoms with van der Waals surface area (Å²) in [6.45, 7) is 7.94. The number of hydrogen-bond donors (Lipinski definition) is 0. The highest BCUT2D eigenvalue weighted by Gasteiger charge is 1.91. The Hall–Kier alpha value is 0.0669. The minimum absolute atomic E-state index is 0.0656. The van der Waals surface area contributed by atoms with Gasteiger partial charge in [0.15, 0.2) is 0 Å². The zero-order valence-electron chi connectivity index (χ0n) is 9.66. The van der Waals surface area contributed by atoms with E-state index in [4.69, 9.17) is 18.9 Å². The fourth-order valence-corrected chi connectivity index (χ4v) is 1.13. The van der Waals surface area contributed by atoms with Gasteiger partial charge in [0.05, 0.1) is 19.1 Å². The fourth-order valence-electron chi connectivity index (χ4n) is 0.493. The molecule has 0 aliphatic rings. The zero-order chi connectivity index (χ0) is 11.9. The van der Waals surface area contributed by atoms with E-state index in [0.29, 0.717) is 13.0 Å². The molecule has 0 aromatic rings. The average Bonchev–Trinajstić information content (AvgIpc) is 2.20. The lowest BCUT2D eigenvalue weighted by atomic mass is 10.5. The molecule has 90 valence electrons. The SMILES string of the molecule is CC(Br)OCCC#N.CCO[SiH2]OCC. The van der Waals surface area contributed by atoms with Crippen LogP contribution < -0.4 is 0 Å². The fraction of sp³-hybridized carbons (Fsp3) is 0.889. The minimum atomic E-state index is -0.589. The molecule has 0 aromatic heterocycles. The van der Waals surface area contributed by atoms with Crippen molar-refractivity contribution in [3.63, 3.8) is 0 Å². The molecule has 0 rings (SSSR count). The minimum Gasteiger partial charge on any atom is -0.399 e. The molecule has 0 bridgehead atoms. The molecular formula is C9H20BrNO3Si. The Morgan fingerprint density at radius 1 is 1.33 bits per heavy atom. The number of hydrogen-bond acceptors (Lipinski definition) is 4. The van der Waals surface area contributed by atoms with E-state index in [9.17, 15) is 0 Å². The van der Waals surface area contributed by atoms with Gasteiger partial charge in [0, 0.05) is 13.2 Å². The smallest absolute Gasteiger partial charge is 0.304 e. The van der Waals surface area contributed by atoms with Crippen LogP contribution in [0, 0.1) is 11.3 Å². The summed E-state index contributed by atoms with van der Waals surface area (Å²) >= 11 is 3.17. The number of rotatable bonds is 7. The molecule has 1 atom stereocenters. The molecule has 0 fully saturated rings. The second-order valence-electron chi connectivity index (χ2n) is 2.43. The number of nitriles is 1. The predicted octanol–water partition coefficient (Wildman–Crippen LogP) is 1.72. The molecule has 0 amide bonds. The van der Waals surface area contributed by atoms with Gasteiger partial charge in [-0.1, -0.05) is 15.9 Å². The Bertz CT molecular complexity index is 149. The van der Waals surface area contributed by atoms with Crippen LogP contribution in [0.25, 0.3) is 0 Å². The van der Waals surface area contributed by atoms with Gasteiger partial charge in [-0.2, -0.15) is 5.26 Å². The zero-order valence-corrected chi connectivity index (χ0v) is 12.7. The van der Waals surface area contributed by atoms with Gasteiger partial charge < -0.3 is 13.6 Å². The maximum Gasteiger partial charge on any atom is 0.304 e. The second kappa shape index (κ2) is 16.5. The molecule has 0 saturated carbocycles. The van der Waals surface area contributed by atoms with Crippen LogP contribution in [-0.4, -0.2) is 34.8 Å². The largest absolute Gasteiger partial charge is 0.399 e. The van der Waals surface area contributed by atoms with E-state index >= 15 is 0 Å². The normalized spacial score (nSPS) is 11.1. The van der Waals surface area contributed by atoms with Gasteiger partial charge in [-0.15, -0.1) is 0 Å². The second-order valence-corrected chi connectivity index (χ2v) is 4.77. The Morgan fingerprint density at radius 3 is 2.20 bits per heavy atom. The summed E-state index contributed by atoms with van der Waals surface area (Å²) in [5.41, 5.74) is 0. The maximum atomic E-state index is 8.03. The molecule has 15 heavy (non-hydrogen) atoms. The average molecular weight is 298 g/mol. The van der Waals surface area contributed by atoms with E-state index in [1.165, 1.54) is 0 Å². The van der Waals surface area contributed by atoms with Gasteiger partial charge in [0.2, 0.25) is 0 Å². The van der Waals surface area contributed by atoms with Gasteiger partial charge in [-0.05, 0) is 20.8 Å². The van der Waals surface area contributed by atoms with Gasteiger partial charge in [-0.3, -0.25) is 0 Å². The van der Waals surface area contributed by atoms with Crippen LogP contribution in [-0.2, 0) is 13.6 Å². The highest BCUT2D eigenvalue weighted by atomic mass is 79.9. The Kier molecular flexibility index (Phi) is 19.2. The highest BCUT2D eigenvalue weighted by molar-refractivity contribution is 9.09. The molecule has 1 unspecified atom stereocenters. The van der Waals surface area contributed by atoms with Crippen molar-refractivity contribution in [2.24, 2.45) is 0 Å². The molecule has 0 heterocycles. The standard InChI is InChI=1S/C5H8BrNO.C4H12O2Si/c1-5(6)8-4-2-3-7;1-3-5-7-6-4-2/h5H,2,4H2,1H3;3-4,7H2,1-2H3. The number of nitrogens with zero attached hydrogens (tertiary/aromatic N) is 1. The Balaban J connectivity index is 0. The molecule has 6 heteroatoms. The summed E-state index contributed by atoms with van der Waals surface area (Å²) in [6.07, 6.45) is 0.468. The molecule has 0 spiro atoms. The summed E-state index contributed by atoms with van der Waals surface area (Å²) in [6, 6.07) is 1.98. The summed E-state index contributed by atoms with van der Waals surface area (Å²) in [5, 5.41) is 8.10. The van der Waals surface area contributed by atoms with Gasteiger partial charge in [-0.25, -0.2) is 0 Å². The first-order valence-electron chi connectivity index (χ1n) is 4.97. The topological polar surface area (TPSA) is 51.5 Å². The van der Waals surface area contributed by atoms with Crippen molar-refractivity contribution in [3.05, 3.63) is 0 Å². The van der Waals surface area contributed by atoms with E-state index < -0.39 is 10.0 Å². The summed E-state index contributed by atoms with van der Waals surface area (Å²) in [5.74, 6) is 0. The van der Waals surface area contributed by atoms with Crippen molar-refractivity contribution in [1.29, 1.82) is 5.26 Å². The maximum absolute atomic E-state index is 8.03. The lowest BCUT2D eigenvalue weighted by molar-refractivity contribution is 0.134. The van der Waals surface area contributed by atoms with E-state index in [1.54, 1.807) is 0 Å². The molecular weight excluding hydrogens is 278 g/mol. The van der Waals surface area contributed by atoms with Gasteiger partial charge in [0.25, 0.3) is 0 Å². The van der Waals surface area contributed by atoms with Crippen LogP contribution >= 0.6 is 15.9 Å². The lowest BCUT2D eigenvalue weighted by Crippen LogP contribution is -2.02. The number of halogens is 1. The first kappa shape index (κ1) is 17.5. The number of alkyl halides is 1. The lowest BCUT2D eigenvalue weighted by Gasteiger charge is -2.00. The Labute approximate surface area is 103 Å². The van der Waals surface area contributed by atoms with Crippen LogP contribution in [0.2, 0.25) is 0 Å². The van der Waals surface area contributed by atoms with Crippen molar-refractivity contribution in [2.45, 2.75) is 32.2 Å². The van der Waals surface area contributed by atoms with Crippen LogP contribution in [0.15, 0.2) is 0 Å². The van der Waals surface area contributed by atoms with Crippen LogP contribution in [0.5, 0.6) is 0 Å². The van der Waals surface area contributed by atoms with Crippen molar-refractivity contribution in [2.75, 3.05) is 19.8 Å². The molecule has 0 aliphatic carbocycles. The van der Waals surface area contributed by atoms with E-state index in [-0.39, 0.29) is 5.01 Å². The van der Waals surface area contributed by atoms with Gasteiger partial charge >= 0.3 is 10.0 Å². The Morgan fingerprint density at radius 2 is 1.87 bits per heavy atom. The summed E-state index contributed by atoms with van der Waals surface area (Å²) in [7, 11) is -0.589. The van der Waals surface area contributed by atoms with Crippen molar-refractivity contribution in [1.82, 2.24) is 0 Å². The van der Waals surface area contributed by atoms with E-state index in [1.807, 2.05) is 26.8 Å². The first-order valence-corrected chi connectivity index (χ1v) is 7.04. The molecule has 0 radical (unpaired) electrons. The molecule has 0 aliphatic heterocycles.